The molecule has 7 heteroatoms. The third-order valence-corrected chi connectivity index (χ3v) is 3.42. The average molecular weight is 302 g/mol. The molecule has 0 unspecified atom stereocenters. The first-order valence-corrected chi connectivity index (χ1v) is 7.15. The number of anilines is 1. The van der Waals surface area contributed by atoms with Crippen molar-refractivity contribution in [1.82, 2.24) is 14.8 Å². The zero-order valence-corrected chi connectivity index (χ0v) is 12.6. The van der Waals surface area contributed by atoms with Gasteiger partial charge in [-0.15, -0.1) is 0 Å². The molecule has 0 aromatic carbocycles. The maximum atomic E-state index is 12.7. The Hall–Kier alpha value is -2.41. The van der Waals surface area contributed by atoms with E-state index in [-0.39, 0.29) is 12.0 Å². The lowest BCUT2D eigenvalue weighted by Crippen LogP contribution is -2.42. The van der Waals surface area contributed by atoms with Crippen LogP contribution >= 0.6 is 0 Å². The van der Waals surface area contributed by atoms with Gasteiger partial charge in [0.05, 0.1) is 19.7 Å². The zero-order valence-electron chi connectivity index (χ0n) is 12.6. The van der Waals surface area contributed by atoms with Crippen molar-refractivity contribution in [2.24, 2.45) is 0 Å². The molecule has 3 rings (SSSR count). The summed E-state index contributed by atoms with van der Waals surface area (Å²) in [5, 5.41) is 4.31. The second-order valence-corrected chi connectivity index (χ2v) is 5.13. The standard InChI is InChI=1S/C15H18N4O3/c1-11-10-19(13-4-3-6-16-14(13)22-11)15(20)12-5-7-18(17-12)8-9-21-2/h3-7,11H,8-10H2,1-2H3/t11-/m1/s1. The predicted octanol–water partition coefficient (Wildman–Crippen LogP) is 1.35. The second kappa shape index (κ2) is 6.15. The molecular weight excluding hydrogens is 284 g/mol. The van der Waals surface area contributed by atoms with Crippen LogP contribution in [0.1, 0.15) is 17.4 Å². The SMILES string of the molecule is COCCn1ccc(C(=O)N2C[C@@H](C)Oc3ncccc32)n1. The molecule has 0 saturated carbocycles. The number of carbonyl (C=O) groups is 1. The first-order chi connectivity index (χ1) is 10.7. The fourth-order valence-corrected chi connectivity index (χ4v) is 2.38. The van der Waals surface area contributed by atoms with Crippen molar-refractivity contribution >= 4 is 11.6 Å². The van der Waals surface area contributed by atoms with Crippen LogP contribution in [0.15, 0.2) is 30.6 Å². The Morgan fingerprint density at radius 2 is 2.36 bits per heavy atom. The molecule has 1 atom stereocenters. The highest BCUT2D eigenvalue weighted by Gasteiger charge is 2.30. The molecule has 7 nitrogen and oxygen atoms in total. The number of carbonyl (C=O) groups excluding carboxylic acids is 1. The topological polar surface area (TPSA) is 69.5 Å². The van der Waals surface area contributed by atoms with Gasteiger partial charge in [0, 0.05) is 19.5 Å². The number of aromatic nitrogens is 3. The van der Waals surface area contributed by atoms with Crippen LogP contribution in [0.4, 0.5) is 5.69 Å². The van der Waals surface area contributed by atoms with Crippen LogP contribution < -0.4 is 9.64 Å². The number of nitrogens with zero attached hydrogens (tertiary/aromatic N) is 4. The van der Waals surface area contributed by atoms with E-state index in [0.717, 1.165) is 0 Å². The van der Waals surface area contributed by atoms with E-state index >= 15 is 0 Å². The van der Waals surface area contributed by atoms with Crippen LogP contribution in [-0.2, 0) is 11.3 Å². The summed E-state index contributed by atoms with van der Waals surface area (Å²) < 4.78 is 12.4. The lowest BCUT2D eigenvalue weighted by atomic mass is 10.2. The second-order valence-electron chi connectivity index (χ2n) is 5.13. The Kier molecular flexibility index (Phi) is 4.06. The summed E-state index contributed by atoms with van der Waals surface area (Å²) in [7, 11) is 1.63. The number of ether oxygens (including phenoxy) is 2. The summed E-state index contributed by atoms with van der Waals surface area (Å²) in [4.78, 5) is 18.6. The van der Waals surface area contributed by atoms with E-state index in [4.69, 9.17) is 9.47 Å². The van der Waals surface area contributed by atoms with Crippen LogP contribution in [0, 0.1) is 0 Å². The van der Waals surface area contributed by atoms with E-state index in [0.29, 0.717) is 37.0 Å². The number of amides is 1. The molecule has 0 aliphatic carbocycles. The van der Waals surface area contributed by atoms with Crippen molar-refractivity contribution in [3.05, 3.63) is 36.3 Å². The van der Waals surface area contributed by atoms with E-state index in [9.17, 15) is 4.79 Å². The number of hydrogen-bond donors (Lipinski definition) is 0. The molecule has 2 aromatic rings. The van der Waals surface area contributed by atoms with E-state index in [2.05, 4.69) is 10.1 Å². The number of rotatable bonds is 4. The maximum absolute atomic E-state index is 12.7. The van der Waals surface area contributed by atoms with Gasteiger partial charge in [-0.2, -0.15) is 5.10 Å². The summed E-state index contributed by atoms with van der Waals surface area (Å²) >= 11 is 0. The van der Waals surface area contributed by atoms with E-state index in [1.165, 1.54) is 0 Å². The predicted molar refractivity (Wildman–Crippen MR) is 80.1 cm³/mol. The van der Waals surface area contributed by atoms with Crippen LogP contribution in [0.2, 0.25) is 0 Å². The van der Waals surface area contributed by atoms with Crippen molar-refractivity contribution in [3.8, 4) is 5.88 Å². The van der Waals surface area contributed by atoms with Gasteiger partial charge in [0.15, 0.2) is 5.69 Å². The molecule has 0 N–H and O–H groups in total. The molecular formula is C15H18N4O3. The Labute approximate surface area is 128 Å². The first-order valence-electron chi connectivity index (χ1n) is 7.15. The molecule has 3 heterocycles. The summed E-state index contributed by atoms with van der Waals surface area (Å²) in [6, 6.07) is 5.33. The Morgan fingerprint density at radius 3 is 3.18 bits per heavy atom. The van der Waals surface area contributed by atoms with Crippen molar-refractivity contribution < 1.29 is 14.3 Å². The van der Waals surface area contributed by atoms with Crippen molar-refractivity contribution in [2.45, 2.75) is 19.6 Å². The third kappa shape index (κ3) is 2.80. The van der Waals surface area contributed by atoms with Crippen molar-refractivity contribution in [3.63, 3.8) is 0 Å². The van der Waals surface area contributed by atoms with Crippen LogP contribution in [0.25, 0.3) is 0 Å². The molecule has 2 aromatic heterocycles. The lowest BCUT2D eigenvalue weighted by Gasteiger charge is -2.31. The van der Waals surface area contributed by atoms with Gasteiger partial charge >= 0.3 is 0 Å². The van der Waals surface area contributed by atoms with Crippen LogP contribution in [0.3, 0.4) is 0 Å². The molecule has 116 valence electrons. The normalized spacial score (nSPS) is 17.0. The van der Waals surface area contributed by atoms with Gasteiger partial charge in [-0.1, -0.05) is 0 Å². The highest BCUT2D eigenvalue weighted by atomic mass is 16.5. The smallest absolute Gasteiger partial charge is 0.279 e. The van der Waals surface area contributed by atoms with Crippen molar-refractivity contribution in [1.29, 1.82) is 0 Å². The molecule has 1 aliphatic heterocycles. The highest BCUT2D eigenvalue weighted by molar-refractivity contribution is 6.05. The minimum absolute atomic E-state index is 0.109. The number of fused-ring (bicyclic) bond motifs is 1. The zero-order chi connectivity index (χ0) is 15.5. The molecule has 0 spiro atoms. The first kappa shape index (κ1) is 14.5. The van der Waals surface area contributed by atoms with Gasteiger partial charge in [0.2, 0.25) is 5.88 Å². The van der Waals surface area contributed by atoms with Gasteiger partial charge in [0.25, 0.3) is 5.91 Å². The van der Waals surface area contributed by atoms with E-state index in [1.54, 1.807) is 41.2 Å². The minimum Gasteiger partial charge on any atom is -0.471 e. The fraction of sp³-hybridized carbons (Fsp3) is 0.400. The van der Waals surface area contributed by atoms with Gasteiger partial charge in [0.1, 0.15) is 11.8 Å². The summed E-state index contributed by atoms with van der Waals surface area (Å²) in [6.45, 7) is 3.55. The van der Waals surface area contributed by atoms with Crippen LogP contribution in [0.5, 0.6) is 5.88 Å². The molecule has 1 aliphatic rings. The fourth-order valence-electron chi connectivity index (χ4n) is 2.38. The maximum Gasteiger partial charge on any atom is 0.279 e. The summed E-state index contributed by atoms with van der Waals surface area (Å²) in [5.74, 6) is 0.328. The molecule has 0 radical (unpaired) electrons. The number of hydrogen-bond acceptors (Lipinski definition) is 5. The number of pyridine rings is 1. The van der Waals surface area contributed by atoms with Gasteiger partial charge < -0.3 is 9.47 Å². The number of methoxy groups -OCH3 is 1. The van der Waals surface area contributed by atoms with E-state index < -0.39 is 0 Å². The average Bonchev–Trinajstić information content (AvgIpc) is 3.00. The third-order valence-electron chi connectivity index (χ3n) is 3.42. The van der Waals surface area contributed by atoms with Crippen molar-refractivity contribution in [2.75, 3.05) is 25.2 Å². The lowest BCUT2D eigenvalue weighted by molar-refractivity contribution is 0.0952. The molecule has 1 amide bonds. The van der Waals surface area contributed by atoms with E-state index in [1.807, 2.05) is 13.0 Å². The summed E-state index contributed by atoms with van der Waals surface area (Å²) in [6.07, 6.45) is 3.32. The Bertz CT molecular complexity index is 670. The van der Waals surface area contributed by atoms with Gasteiger partial charge in [-0.3, -0.25) is 14.4 Å². The molecule has 0 bridgehead atoms. The quantitative estimate of drug-likeness (QED) is 0.852. The van der Waals surface area contributed by atoms with Gasteiger partial charge in [-0.05, 0) is 25.1 Å². The highest BCUT2D eigenvalue weighted by Crippen LogP contribution is 2.31. The molecule has 22 heavy (non-hydrogen) atoms. The van der Waals surface area contributed by atoms with Gasteiger partial charge in [-0.25, -0.2) is 4.98 Å². The molecule has 0 saturated heterocycles. The Morgan fingerprint density at radius 1 is 1.50 bits per heavy atom. The largest absolute Gasteiger partial charge is 0.471 e. The minimum atomic E-state index is -0.152. The van der Waals surface area contributed by atoms with Crippen LogP contribution in [-0.4, -0.2) is 47.0 Å². The molecule has 0 fully saturated rings. The Balaban J connectivity index is 1.84. The monoisotopic (exact) mass is 302 g/mol. The summed E-state index contributed by atoms with van der Waals surface area (Å²) in [5.41, 5.74) is 1.08.